The quantitative estimate of drug-likeness (QED) is 0.743. The second kappa shape index (κ2) is 4.65. The van der Waals surface area contributed by atoms with Crippen LogP contribution in [-0.2, 0) is 0 Å². The molecular weight excluding hydrogens is 260 g/mol. The Kier molecular flexibility index (Phi) is 2.83. The van der Waals surface area contributed by atoms with Crippen LogP contribution in [0.5, 0.6) is 11.5 Å². The van der Waals surface area contributed by atoms with E-state index in [2.05, 4.69) is 5.32 Å². The second-order valence-corrected chi connectivity index (χ2v) is 4.30. The number of nitrogen functional groups attached to an aromatic ring is 1. The molecule has 0 aromatic heterocycles. The van der Waals surface area contributed by atoms with Crippen molar-refractivity contribution in [3.05, 3.63) is 42.0 Å². The minimum Gasteiger partial charge on any atom is -0.478 e. The van der Waals surface area contributed by atoms with Gasteiger partial charge in [0.25, 0.3) is 0 Å². The van der Waals surface area contributed by atoms with Crippen molar-refractivity contribution in [1.29, 1.82) is 0 Å². The molecule has 6 heteroatoms. The smallest absolute Gasteiger partial charge is 0.337 e. The van der Waals surface area contributed by atoms with Gasteiger partial charge in [0, 0.05) is 23.1 Å². The van der Waals surface area contributed by atoms with Crippen LogP contribution in [0, 0.1) is 0 Å². The van der Waals surface area contributed by atoms with E-state index in [-0.39, 0.29) is 18.0 Å². The van der Waals surface area contributed by atoms with Crippen molar-refractivity contribution < 1.29 is 19.4 Å². The van der Waals surface area contributed by atoms with Gasteiger partial charge >= 0.3 is 5.97 Å². The Bertz CT molecular complexity index is 685. The number of nitrogens with one attached hydrogen (secondary N) is 1. The van der Waals surface area contributed by atoms with Gasteiger partial charge in [-0.05, 0) is 30.3 Å². The highest BCUT2D eigenvalue weighted by Gasteiger charge is 2.14. The Labute approximate surface area is 114 Å². The summed E-state index contributed by atoms with van der Waals surface area (Å²) in [6.45, 7) is 0.212. The third kappa shape index (κ3) is 2.18. The number of hydrogen-bond acceptors (Lipinski definition) is 5. The zero-order chi connectivity index (χ0) is 14.1. The van der Waals surface area contributed by atoms with Crippen LogP contribution < -0.4 is 20.5 Å². The molecule has 0 aliphatic carbocycles. The van der Waals surface area contributed by atoms with Crippen LogP contribution >= 0.6 is 0 Å². The molecule has 3 rings (SSSR count). The summed E-state index contributed by atoms with van der Waals surface area (Å²) < 4.78 is 10.5. The van der Waals surface area contributed by atoms with Crippen molar-refractivity contribution in [2.24, 2.45) is 0 Å². The Balaban J connectivity index is 1.88. The Morgan fingerprint density at radius 2 is 1.80 bits per heavy atom. The van der Waals surface area contributed by atoms with E-state index >= 15 is 0 Å². The van der Waals surface area contributed by atoms with Crippen molar-refractivity contribution in [1.82, 2.24) is 0 Å². The topological polar surface area (TPSA) is 93.8 Å². The van der Waals surface area contributed by atoms with Gasteiger partial charge in [-0.25, -0.2) is 4.79 Å². The summed E-state index contributed by atoms with van der Waals surface area (Å²) in [4.78, 5) is 11.0. The first-order valence-electron chi connectivity index (χ1n) is 5.93. The van der Waals surface area contributed by atoms with E-state index in [4.69, 9.17) is 20.3 Å². The van der Waals surface area contributed by atoms with Crippen molar-refractivity contribution in [3.63, 3.8) is 0 Å². The molecule has 4 N–H and O–H groups in total. The third-order valence-electron chi connectivity index (χ3n) is 2.94. The number of carboxylic acids is 1. The number of aromatic carboxylic acids is 1. The molecule has 6 nitrogen and oxygen atoms in total. The number of fused-ring (bicyclic) bond motifs is 1. The summed E-state index contributed by atoms with van der Waals surface area (Å²) in [5, 5.41) is 12.1. The number of benzene rings is 2. The van der Waals surface area contributed by atoms with Gasteiger partial charge in [-0.2, -0.15) is 0 Å². The molecule has 0 atom stereocenters. The van der Waals surface area contributed by atoms with Gasteiger partial charge in [-0.1, -0.05) is 0 Å². The molecule has 0 saturated carbocycles. The lowest BCUT2D eigenvalue weighted by atomic mass is 10.1. The van der Waals surface area contributed by atoms with Crippen LogP contribution in [-0.4, -0.2) is 17.9 Å². The summed E-state index contributed by atoms with van der Waals surface area (Å²) in [6.07, 6.45) is 0. The number of anilines is 3. The molecule has 0 fully saturated rings. The van der Waals surface area contributed by atoms with Gasteiger partial charge in [0.1, 0.15) is 0 Å². The number of nitrogens with two attached hydrogens (primary N) is 1. The molecule has 1 aliphatic heterocycles. The molecule has 1 aliphatic rings. The second-order valence-electron chi connectivity index (χ2n) is 4.30. The van der Waals surface area contributed by atoms with Crippen LogP contribution in [0.1, 0.15) is 10.4 Å². The Morgan fingerprint density at radius 1 is 1.10 bits per heavy atom. The molecule has 0 unspecified atom stereocenters. The van der Waals surface area contributed by atoms with Crippen molar-refractivity contribution in [2.75, 3.05) is 17.8 Å². The van der Waals surface area contributed by atoms with E-state index in [9.17, 15) is 4.79 Å². The Morgan fingerprint density at radius 3 is 2.60 bits per heavy atom. The first-order valence-corrected chi connectivity index (χ1v) is 5.93. The van der Waals surface area contributed by atoms with E-state index in [0.29, 0.717) is 17.2 Å². The van der Waals surface area contributed by atoms with Gasteiger partial charge in [0.05, 0.1) is 5.56 Å². The number of ether oxygens (including phenoxy) is 2. The minimum atomic E-state index is -1.06. The normalized spacial score (nSPS) is 12.2. The zero-order valence-corrected chi connectivity index (χ0v) is 10.4. The maximum absolute atomic E-state index is 11.0. The van der Waals surface area contributed by atoms with Crippen LogP contribution in [0.3, 0.4) is 0 Å². The predicted molar refractivity (Wildman–Crippen MR) is 73.7 cm³/mol. The van der Waals surface area contributed by atoms with Crippen LogP contribution in [0.25, 0.3) is 0 Å². The summed E-state index contributed by atoms with van der Waals surface area (Å²) in [5.41, 5.74) is 7.32. The van der Waals surface area contributed by atoms with E-state index in [1.807, 2.05) is 6.07 Å². The first kappa shape index (κ1) is 12.2. The monoisotopic (exact) mass is 272 g/mol. The fraction of sp³-hybridized carbons (Fsp3) is 0.0714. The van der Waals surface area contributed by atoms with E-state index < -0.39 is 5.97 Å². The molecule has 1 heterocycles. The molecule has 0 saturated heterocycles. The molecule has 0 spiro atoms. The number of carbonyl (C=O) groups is 1. The minimum absolute atomic E-state index is 0.0655. The number of rotatable bonds is 3. The molecule has 2 aromatic rings. The highest BCUT2D eigenvalue weighted by Crippen LogP contribution is 2.35. The maximum atomic E-state index is 11.0. The lowest BCUT2D eigenvalue weighted by Gasteiger charge is -2.09. The Hall–Kier alpha value is -2.89. The van der Waals surface area contributed by atoms with Gasteiger partial charge < -0.3 is 25.6 Å². The number of carboxylic acid groups (broad SMARTS) is 1. The van der Waals surface area contributed by atoms with Crippen LogP contribution in [0.4, 0.5) is 17.1 Å². The highest BCUT2D eigenvalue weighted by atomic mass is 16.7. The summed E-state index contributed by atoms with van der Waals surface area (Å²) in [6, 6.07) is 10.2. The van der Waals surface area contributed by atoms with E-state index in [1.165, 1.54) is 6.07 Å². The van der Waals surface area contributed by atoms with Crippen LogP contribution in [0.15, 0.2) is 36.4 Å². The van der Waals surface area contributed by atoms with Crippen molar-refractivity contribution in [3.8, 4) is 11.5 Å². The molecule has 0 bridgehead atoms. The molecule has 20 heavy (non-hydrogen) atoms. The van der Waals surface area contributed by atoms with Gasteiger partial charge in [0.15, 0.2) is 11.5 Å². The summed E-state index contributed by atoms with van der Waals surface area (Å²) in [7, 11) is 0. The van der Waals surface area contributed by atoms with E-state index in [1.54, 1.807) is 24.3 Å². The maximum Gasteiger partial charge on any atom is 0.337 e. The van der Waals surface area contributed by atoms with Crippen molar-refractivity contribution >= 4 is 23.0 Å². The summed E-state index contributed by atoms with van der Waals surface area (Å²) >= 11 is 0. The van der Waals surface area contributed by atoms with Gasteiger partial charge in [-0.15, -0.1) is 0 Å². The zero-order valence-electron chi connectivity index (χ0n) is 10.4. The standard InChI is InChI=1S/C14H12N2O4/c15-11-3-1-8(5-10(11)14(17)18)16-9-2-4-12-13(6-9)20-7-19-12/h1-6,16H,7,15H2,(H,17,18). The third-order valence-corrected chi connectivity index (χ3v) is 2.94. The SMILES string of the molecule is Nc1ccc(Nc2ccc3c(c2)OCO3)cc1C(=O)O. The lowest BCUT2D eigenvalue weighted by Crippen LogP contribution is -2.03. The van der Waals surface area contributed by atoms with Gasteiger partial charge in [0.2, 0.25) is 6.79 Å². The average molecular weight is 272 g/mol. The molecule has 2 aromatic carbocycles. The van der Waals surface area contributed by atoms with Crippen molar-refractivity contribution in [2.45, 2.75) is 0 Å². The fourth-order valence-corrected chi connectivity index (χ4v) is 1.96. The average Bonchev–Trinajstić information content (AvgIpc) is 2.88. The molecule has 0 amide bonds. The van der Waals surface area contributed by atoms with E-state index in [0.717, 1.165) is 5.69 Å². The predicted octanol–water partition coefficient (Wildman–Crippen LogP) is 2.44. The fourth-order valence-electron chi connectivity index (χ4n) is 1.96. The number of hydrogen-bond donors (Lipinski definition) is 3. The highest BCUT2D eigenvalue weighted by molar-refractivity contribution is 5.95. The molecular formula is C14H12N2O4. The summed E-state index contributed by atoms with van der Waals surface area (Å²) in [5.74, 6) is 0.292. The lowest BCUT2D eigenvalue weighted by molar-refractivity contribution is 0.0698. The van der Waals surface area contributed by atoms with Gasteiger partial charge in [-0.3, -0.25) is 0 Å². The van der Waals surface area contributed by atoms with Crippen LogP contribution in [0.2, 0.25) is 0 Å². The largest absolute Gasteiger partial charge is 0.478 e. The molecule has 102 valence electrons. The molecule has 0 radical (unpaired) electrons. The first-order chi connectivity index (χ1) is 9.63.